The zero-order valence-corrected chi connectivity index (χ0v) is 15.8. The highest BCUT2D eigenvalue weighted by molar-refractivity contribution is 7.92. The molecule has 0 aliphatic carbocycles. The lowest BCUT2D eigenvalue weighted by atomic mass is 10.2. The van der Waals surface area contributed by atoms with E-state index < -0.39 is 10.0 Å². The Kier molecular flexibility index (Phi) is 6.57. The van der Waals surface area contributed by atoms with E-state index in [-0.39, 0.29) is 5.82 Å². The number of benzene rings is 2. The summed E-state index contributed by atoms with van der Waals surface area (Å²) in [5, 5.41) is 3.22. The molecule has 2 aromatic carbocycles. The van der Waals surface area contributed by atoms with Crippen LogP contribution in [0.3, 0.4) is 0 Å². The Balaban J connectivity index is 1.99. The van der Waals surface area contributed by atoms with Gasteiger partial charge in [0.2, 0.25) is 10.0 Å². The second kappa shape index (κ2) is 8.66. The highest BCUT2D eigenvalue weighted by Gasteiger charge is 2.08. The number of hydrogen-bond acceptors (Lipinski definition) is 3. The Bertz CT molecular complexity index is 884. The molecule has 140 valence electrons. The molecule has 0 saturated carbocycles. The van der Waals surface area contributed by atoms with Crippen LogP contribution in [0.15, 0.2) is 53.5 Å². The third kappa shape index (κ3) is 6.36. The second-order valence-electron chi connectivity index (χ2n) is 5.96. The van der Waals surface area contributed by atoms with E-state index in [1.807, 2.05) is 24.1 Å². The van der Waals surface area contributed by atoms with Crippen molar-refractivity contribution in [2.24, 2.45) is 4.99 Å². The third-order valence-corrected chi connectivity index (χ3v) is 4.17. The molecule has 2 aromatic rings. The monoisotopic (exact) mass is 378 g/mol. The topological polar surface area (TPSA) is 73.8 Å². The molecule has 6 nitrogen and oxygen atoms in total. The summed E-state index contributed by atoms with van der Waals surface area (Å²) in [5.74, 6) is 0.379. The van der Waals surface area contributed by atoms with Gasteiger partial charge >= 0.3 is 0 Å². The number of guanidine groups is 1. The number of sulfonamides is 1. The van der Waals surface area contributed by atoms with Crippen LogP contribution < -0.4 is 10.0 Å². The normalized spacial score (nSPS) is 11.9. The highest BCUT2D eigenvalue weighted by Crippen LogP contribution is 2.12. The molecular formula is C18H23FN4O2S. The predicted octanol–water partition coefficient (Wildman–Crippen LogP) is 2.40. The molecular weight excluding hydrogens is 355 g/mol. The molecule has 0 spiro atoms. The van der Waals surface area contributed by atoms with Crippen molar-refractivity contribution in [3.05, 3.63) is 65.5 Å². The van der Waals surface area contributed by atoms with Crippen LogP contribution in [0.1, 0.15) is 11.1 Å². The van der Waals surface area contributed by atoms with Crippen LogP contribution in [-0.2, 0) is 23.1 Å². The van der Waals surface area contributed by atoms with Crippen molar-refractivity contribution in [1.82, 2.24) is 10.2 Å². The van der Waals surface area contributed by atoms with Gasteiger partial charge in [0, 0.05) is 32.9 Å². The van der Waals surface area contributed by atoms with Crippen molar-refractivity contribution in [3.63, 3.8) is 0 Å². The summed E-state index contributed by atoms with van der Waals surface area (Å²) in [6.45, 7) is 0.979. The standard InChI is InChI=1S/C18H23FN4O2S/c1-20-18(23(2)13-15-7-4-8-16(19)10-15)21-12-14-6-5-9-17(11-14)22-26(3,24)25/h4-11,22H,12-13H2,1-3H3,(H,20,21). The zero-order valence-electron chi connectivity index (χ0n) is 15.0. The fraction of sp³-hybridized carbons (Fsp3) is 0.278. The summed E-state index contributed by atoms with van der Waals surface area (Å²) in [6.07, 6.45) is 1.11. The number of rotatable bonds is 6. The SMILES string of the molecule is CN=C(NCc1cccc(NS(C)(=O)=O)c1)N(C)Cc1cccc(F)c1. The Morgan fingerprint density at radius 3 is 2.50 bits per heavy atom. The fourth-order valence-electron chi connectivity index (χ4n) is 2.51. The van der Waals surface area contributed by atoms with E-state index in [1.54, 1.807) is 31.3 Å². The predicted molar refractivity (Wildman–Crippen MR) is 103 cm³/mol. The number of hydrogen-bond donors (Lipinski definition) is 2. The smallest absolute Gasteiger partial charge is 0.229 e. The number of aliphatic imine (C=N–C) groups is 1. The van der Waals surface area contributed by atoms with Gasteiger partial charge in [0.25, 0.3) is 0 Å². The van der Waals surface area contributed by atoms with E-state index >= 15 is 0 Å². The van der Waals surface area contributed by atoms with Crippen molar-refractivity contribution < 1.29 is 12.8 Å². The van der Waals surface area contributed by atoms with E-state index in [9.17, 15) is 12.8 Å². The molecule has 0 aliphatic heterocycles. The molecule has 0 amide bonds. The first kappa shape index (κ1) is 19.7. The first-order chi connectivity index (χ1) is 12.3. The molecule has 0 bridgehead atoms. The van der Waals surface area contributed by atoms with E-state index in [1.165, 1.54) is 12.1 Å². The van der Waals surface area contributed by atoms with Gasteiger partial charge < -0.3 is 10.2 Å². The minimum atomic E-state index is -3.31. The second-order valence-corrected chi connectivity index (χ2v) is 7.71. The van der Waals surface area contributed by atoms with Crippen molar-refractivity contribution in [2.75, 3.05) is 25.1 Å². The van der Waals surface area contributed by atoms with E-state index in [2.05, 4.69) is 15.0 Å². The van der Waals surface area contributed by atoms with Crippen molar-refractivity contribution in [2.45, 2.75) is 13.1 Å². The van der Waals surface area contributed by atoms with Gasteiger partial charge in [-0.1, -0.05) is 24.3 Å². The average Bonchev–Trinajstić information content (AvgIpc) is 2.54. The van der Waals surface area contributed by atoms with Gasteiger partial charge in [0.05, 0.1) is 6.26 Å². The molecule has 0 aliphatic rings. The van der Waals surface area contributed by atoms with Crippen LogP contribution in [0.2, 0.25) is 0 Å². The fourth-order valence-corrected chi connectivity index (χ4v) is 3.06. The van der Waals surface area contributed by atoms with Crippen LogP contribution in [0, 0.1) is 5.82 Å². The molecule has 2 rings (SSSR count). The number of nitrogens with one attached hydrogen (secondary N) is 2. The number of anilines is 1. The van der Waals surface area contributed by atoms with Crippen molar-refractivity contribution >= 4 is 21.7 Å². The largest absolute Gasteiger partial charge is 0.352 e. The molecule has 0 heterocycles. The van der Waals surface area contributed by atoms with Gasteiger partial charge in [-0.15, -0.1) is 0 Å². The summed E-state index contributed by atoms with van der Waals surface area (Å²) in [6, 6.07) is 13.5. The first-order valence-corrected chi connectivity index (χ1v) is 9.89. The summed E-state index contributed by atoms with van der Waals surface area (Å²) in [7, 11) is 0.221. The molecule has 8 heteroatoms. The summed E-state index contributed by atoms with van der Waals surface area (Å²) >= 11 is 0. The minimum absolute atomic E-state index is 0.269. The quantitative estimate of drug-likeness (QED) is 0.598. The van der Waals surface area contributed by atoms with Crippen LogP contribution in [0.25, 0.3) is 0 Å². The van der Waals surface area contributed by atoms with Crippen LogP contribution >= 0.6 is 0 Å². The maximum atomic E-state index is 13.3. The van der Waals surface area contributed by atoms with Gasteiger partial charge in [-0.2, -0.15) is 0 Å². The van der Waals surface area contributed by atoms with E-state index in [4.69, 9.17) is 0 Å². The van der Waals surface area contributed by atoms with Crippen LogP contribution in [0.4, 0.5) is 10.1 Å². The first-order valence-electron chi connectivity index (χ1n) is 8.00. The molecule has 0 unspecified atom stereocenters. The van der Waals surface area contributed by atoms with Gasteiger partial charge in [-0.3, -0.25) is 9.71 Å². The van der Waals surface area contributed by atoms with Gasteiger partial charge in [0.1, 0.15) is 5.82 Å². The van der Waals surface area contributed by atoms with E-state index in [0.29, 0.717) is 24.7 Å². The number of nitrogens with zero attached hydrogens (tertiary/aromatic N) is 2. The Labute approximate surface area is 153 Å². The van der Waals surface area contributed by atoms with Crippen LogP contribution in [-0.4, -0.2) is 39.6 Å². The van der Waals surface area contributed by atoms with Gasteiger partial charge in [-0.25, -0.2) is 12.8 Å². The van der Waals surface area contributed by atoms with Crippen molar-refractivity contribution in [1.29, 1.82) is 0 Å². The van der Waals surface area contributed by atoms with E-state index in [0.717, 1.165) is 17.4 Å². The molecule has 0 aromatic heterocycles. The third-order valence-electron chi connectivity index (χ3n) is 3.56. The summed E-state index contributed by atoms with van der Waals surface area (Å²) in [4.78, 5) is 6.11. The molecule has 26 heavy (non-hydrogen) atoms. The zero-order chi connectivity index (χ0) is 19.2. The average molecular weight is 378 g/mol. The molecule has 0 saturated heterocycles. The lowest BCUT2D eigenvalue weighted by Gasteiger charge is -2.22. The highest BCUT2D eigenvalue weighted by atomic mass is 32.2. The Morgan fingerprint density at radius 2 is 1.85 bits per heavy atom. The van der Waals surface area contributed by atoms with Crippen molar-refractivity contribution in [3.8, 4) is 0 Å². The Hall–Kier alpha value is -2.61. The van der Waals surface area contributed by atoms with Gasteiger partial charge in [-0.05, 0) is 35.4 Å². The lowest BCUT2D eigenvalue weighted by molar-refractivity contribution is 0.474. The maximum absolute atomic E-state index is 13.3. The molecule has 0 fully saturated rings. The molecule has 0 atom stereocenters. The number of halogens is 1. The molecule has 0 radical (unpaired) electrons. The van der Waals surface area contributed by atoms with Crippen LogP contribution in [0.5, 0.6) is 0 Å². The summed E-state index contributed by atoms with van der Waals surface area (Å²) in [5.41, 5.74) is 2.25. The lowest BCUT2D eigenvalue weighted by Crippen LogP contribution is -2.38. The van der Waals surface area contributed by atoms with Gasteiger partial charge in [0.15, 0.2) is 5.96 Å². The maximum Gasteiger partial charge on any atom is 0.229 e. The molecule has 2 N–H and O–H groups in total. The minimum Gasteiger partial charge on any atom is -0.352 e. The Morgan fingerprint density at radius 1 is 1.15 bits per heavy atom. The summed E-state index contributed by atoms with van der Waals surface area (Å²) < 4.78 is 38.4.